The van der Waals surface area contributed by atoms with Gasteiger partial charge in [-0.15, -0.1) is 0 Å². The number of anilines is 2. The summed E-state index contributed by atoms with van der Waals surface area (Å²) in [7, 11) is -4.12. The molecule has 166 valence electrons. The summed E-state index contributed by atoms with van der Waals surface area (Å²) in [6, 6.07) is 14.8. The molecule has 3 rings (SSSR count). The summed E-state index contributed by atoms with van der Waals surface area (Å²) in [4.78, 5) is 23.6. The zero-order chi connectivity index (χ0) is 23.3. The van der Waals surface area contributed by atoms with E-state index in [0.29, 0.717) is 5.02 Å². The van der Waals surface area contributed by atoms with Crippen molar-refractivity contribution in [2.24, 2.45) is 0 Å². The molecule has 0 spiro atoms. The minimum Gasteiger partial charge on any atom is -0.462 e. The molecule has 0 aliphatic heterocycles. The average molecular weight is 477 g/mol. The molecule has 0 saturated carbocycles. The largest absolute Gasteiger partial charge is 0.462 e. The van der Waals surface area contributed by atoms with Gasteiger partial charge in [-0.05, 0) is 67.6 Å². The highest BCUT2D eigenvalue weighted by molar-refractivity contribution is 7.92. The Bertz CT molecular complexity index is 1260. The zero-order valence-electron chi connectivity index (χ0n) is 16.8. The Morgan fingerprint density at radius 2 is 1.72 bits per heavy atom. The predicted octanol–water partition coefficient (Wildman–Crippen LogP) is 4.71. The fourth-order valence-corrected chi connectivity index (χ4v) is 3.95. The highest BCUT2D eigenvalue weighted by atomic mass is 35.5. The lowest BCUT2D eigenvalue weighted by Crippen LogP contribution is -2.15. The van der Waals surface area contributed by atoms with Crippen LogP contribution in [0.3, 0.4) is 0 Å². The quantitative estimate of drug-likeness (QED) is 0.481. The third-order valence-corrected chi connectivity index (χ3v) is 5.85. The van der Waals surface area contributed by atoms with Gasteiger partial charge in [0.05, 0.1) is 22.8 Å². The third-order valence-electron chi connectivity index (χ3n) is 4.23. The van der Waals surface area contributed by atoms with Crippen molar-refractivity contribution in [1.82, 2.24) is 0 Å². The van der Waals surface area contributed by atoms with Crippen LogP contribution < -0.4 is 10.0 Å². The van der Waals surface area contributed by atoms with Crippen molar-refractivity contribution < 1.29 is 27.1 Å². The SMILES string of the molecule is CCOC(=O)c1ccc(NS(=O)(=O)c2ccc(NC(=O)c3cccc(Cl)c3)c(F)c2)cc1. The molecular formula is C22H18ClFN2O5S. The van der Waals surface area contributed by atoms with Crippen molar-refractivity contribution in [3.05, 3.63) is 88.7 Å². The van der Waals surface area contributed by atoms with E-state index in [1.165, 1.54) is 36.4 Å². The van der Waals surface area contributed by atoms with E-state index in [-0.39, 0.29) is 34.0 Å². The number of benzene rings is 3. The number of amides is 1. The predicted molar refractivity (Wildman–Crippen MR) is 119 cm³/mol. The van der Waals surface area contributed by atoms with E-state index in [1.807, 2.05) is 0 Å². The Kier molecular flexibility index (Phi) is 7.12. The molecular weight excluding hydrogens is 459 g/mol. The van der Waals surface area contributed by atoms with E-state index in [2.05, 4.69) is 10.0 Å². The molecule has 0 radical (unpaired) electrons. The Morgan fingerprint density at radius 3 is 2.34 bits per heavy atom. The number of carbonyl (C=O) groups is 2. The van der Waals surface area contributed by atoms with Crippen LogP contribution in [0, 0.1) is 5.82 Å². The van der Waals surface area contributed by atoms with Crippen LogP contribution in [-0.2, 0) is 14.8 Å². The van der Waals surface area contributed by atoms with Crippen LogP contribution >= 0.6 is 11.6 Å². The van der Waals surface area contributed by atoms with Gasteiger partial charge in [0.2, 0.25) is 0 Å². The Labute approximate surface area is 189 Å². The number of ether oxygens (including phenoxy) is 1. The topological polar surface area (TPSA) is 102 Å². The molecule has 0 saturated heterocycles. The van der Waals surface area contributed by atoms with Crippen LogP contribution in [0.5, 0.6) is 0 Å². The van der Waals surface area contributed by atoms with Gasteiger partial charge in [0.1, 0.15) is 5.82 Å². The first-order valence-electron chi connectivity index (χ1n) is 9.36. The number of sulfonamides is 1. The monoisotopic (exact) mass is 476 g/mol. The molecule has 0 atom stereocenters. The summed E-state index contributed by atoms with van der Waals surface area (Å²) in [5, 5.41) is 2.73. The van der Waals surface area contributed by atoms with Gasteiger partial charge < -0.3 is 10.1 Å². The summed E-state index contributed by atoms with van der Waals surface area (Å²) in [5.74, 6) is -2.05. The minimum absolute atomic E-state index is 0.178. The number of carbonyl (C=O) groups excluding carboxylic acids is 2. The summed E-state index contributed by atoms with van der Waals surface area (Å²) >= 11 is 5.85. The number of rotatable bonds is 7. The molecule has 0 bridgehead atoms. The normalized spacial score (nSPS) is 11.0. The molecule has 0 unspecified atom stereocenters. The first-order valence-corrected chi connectivity index (χ1v) is 11.2. The second-order valence-electron chi connectivity index (χ2n) is 6.51. The number of nitrogens with one attached hydrogen (secondary N) is 2. The first kappa shape index (κ1) is 23.2. The zero-order valence-corrected chi connectivity index (χ0v) is 18.3. The average Bonchev–Trinajstić information content (AvgIpc) is 2.75. The standard InChI is InChI=1S/C22H18ClFN2O5S/c1-2-31-22(28)14-6-8-17(9-7-14)26-32(29,30)18-10-11-20(19(24)13-18)25-21(27)15-4-3-5-16(23)12-15/h3-13,26H,2H2,1H3,(H,25,27). The van der Waals surface area contributed by atoms with Crippen LogP contribution in [0.2, 0.25) is 5.02 Å². The maximum Gasteiger partial charge on any atom is 0.338 e. The fourth-order valence-electron chi connectivity index (χ4n) is 2.69. The third kappa shape index (κ3) is 5.63. The van der Waals surface area contributed by atoms with Crippen LogP contribution in [-0.4, -0.2) is 26.9 Å². The van der Waals surface area contributed by atoms with Crippen LogP contribution in [0.15, 0.2) is 71.6 Å². The molecule has 0 heterocycles. The smallest absolute Gasteiger partial charge is 0.338 e. The van der Waals surface area contributed by atoms with Crippen molar-refractivity contribution in [2.45, 2.75) is 11.8 Å². The van der Waals surface area contributed by atoms with E-state index in [0.717, 1.165) is 18.2 Å². The summed E-state index contributed by atoms with van der Waals surface area (Å²) in [6.45, 7) is 1.89. The maximum atomic E-state index is 14.5. The lowest BCUT2D eigenvalue weighted by molar-refractivity contribution is 0.0526. The highest BCUT2D eigenvalue weighted by Crippen LogP contribution is 2.23. The highest BCUT2D eigenvalue weighted by Gasteiger charge is 2.18. The molecule has 3 aromatic carbocycles. The first-order chi connectivity index (χ1) is 15.2. The van der Waals surface area contributed by atoms with Crippen molar-refractivity contribution in [2.75, 3.05) is 16.6 Å². The van der Waals surface area contributed by atoms with Gasteiger partial charge in [-0.3, -0.25) is 9.52 Å². The molecule has 0 aliphatic carbocycles. The van der Waals surface area contributed by atoms with Gasteiger partial charge in [0, 0.05) is 16.3 Å². The van der Waals surface area contributed by atoms with Gasteiger partial charge in [-0.25, -0.2) is 17.6 Å². The van der Waals surface area contributed by atoms with E-state index >= 15 is 0 Å². The van der Waals surface area contributed by atoms with Crippen molar-refractivity contribution in [3.8, 4) is 0 Å². The number of esters is 1. The van der Waals surface area contributed by atoms with Crippen molar-refractivity contribution >= 4 is 44.9 Å². The Hall–Kier alpha value is -3.43. The van der Waals surface area contributed by atoms with E-state index < -0.39 is 27.7 Å². The number of halogens is 2. The van der Waals surface area contributed by atoms with E-state index in [1.54, 1.807) is 19.1 Å². The molecule has 32 heavy (non-hydrogen) atoms. The van der Waals surface area contributed by atoms with E-state index in [4.69, 9.17) is 16.3 Å². The van der Waals surface area contributed by atoms with Crippen LogP contribution in [0.25, 0.3) is 0 Å². The van der Waals surface area contributed by atoms with Gasteiger partial charge in [-0.2, -0.15) is 0 Å². The fraction of sp³-hybridized carbons (Fsp3) is 0.0909. The summed E-state index contributed by atoms with van der Waals surface area (Å²) in [5.41, 5.74) is 0.478. The second kappa shape index (κ2) is 9.80. The molecule has 2 N–H and O–H groups in total. The van der Waals surface area contributed by atoms with Crippen molar-refractivity contribution in [3.63, 3.8) is 0 Å². The molecule has 7 nitrogen and oxygen atoms in total. The Morgan fingerprint density at radius 1 is 1.00 bits per heavy atom. The lowest BCUT2D eigenvalue weighted by atomic mass is 10.2. The number of hydrogen-bond acceptors (Lipinski definition) is 5. The molecule has 3 aromatic rings. The maximum absolute atomic E-state index is 14.5. The summed E-state index contributed by atoms with van der Waals surface area (Å²) in [6.07, 6.45) is 0. The van der Waals surface area contributed by atoms with Crippen LogP contribution in [0.4, 0.5) is 15.8 Å². The second-order valence-corrected chi connectivity index (χ2v) is 8.63. The lowest BCUT2D eigenvalue weighted by Gasteiger charge is -2.11. The van der Waals surface area contributed by atoms with Gasteiger partial charge in [-0.1, -0.05) is 17.7 Å². The molecule has 1 amide bonds. The number of hydrogen-bond donors (Lipinski definition) is 2. The molecule has 0 aromatic heterocycles. The minimum atomic E-state index is -4.12. The van der Waals surface area contributed by atoms with Crippen LogP contribution in [0.1, 0.15) is 27.6 Å². The van der Waals surface area contributed by atoms with Gasteiger partial charge in [0.15, 0.2) is 0 Å². The van der Waals surface area contributed by atoms with Gasteiger partial charge >= 0.3 is 5.97 Å². The van der Waals surface area contributed by atoms with Gasteiger partial charge in [0.25, 0.3) is 15.9 Å². The summed E-state index contributed by atoms with van der Waals surface area (Å²) < 4.78 is 46.9. The van der Waals surface area contributed by atoms with Crippen molar-refractivity contribution in [1.29, 1.82) is 0 Å². The molecule has 10 heteroatoms. The Balaban J connectivity index is 1.74. The molecule has 0 fully saturated rings. The molecule has 0 aliphatic rings. The van der Waals surface area contributed by atoms with E-state index in [9.17, 15) is 22.4 Å².